The third-order valence-electron chi connectivity index (χ3n) is 4.46. The molecule has 2 rings (SSSR count). The van der Waals surface area contributed by atoms with Crippen molar-refractivity contribution >= 4 is 11.6 Å². The Kier molecular flexibility index (Phi) is 10.4. The lowest BCUT2D eigenvalue weighted by Crippen LogP contribution is -2.31. The molecular weight excluding hydrogens is 322 g/mol. The Balaban J connectivity index is 1.32. The van der Waals surface area contributed by atoms with E-state index in [9.17, 15) is 0 Å². The molecule has 4 heteroatoms. The monoisotopic (exact) mass is 353 g/mol. The molecule has 3 nitrogen and oxygen atoms in total. The summed E-state index contributed by atoms with van der Waals surface area (Å²) in [6.45, 7) is 7.07. The van der Waals surface area contributed by atoms with Gasteiger partial charge in [-0.2, -0.15) is 0 Å². The molecule has 0 spiro atoms. The summed E-state index contributed by atoms with van der Waals surface area (Å²) in [7, 11) is 0. The molecule has 0 unspecified atom stereocenters. The van der Waals surface area contributed by atoms with Crippen LogP contribution in [0.1, 0.15) is 44.1 Å². The van der Waals surface area contributed by atoms with Crippen LogP contribution in [0.5, 0.6) is 0 Å². The van der Waals surface area contributed by atoms with E-state index in [1.165, 1.54) is 44.5 Å². The van der Waals surface area contributed by atoms with E-state index in [1.54, 1.807) is 0 Å². The Bertz CT molecular complexity index is 418. The first kappa shape index (κ1) is 19.7. The highest BCUT2D eigenvalue weighted by molar-refractivity contribution is 6.30. The molecule has 0 atom stereocenters. The largest absolute Gasteiger partial charge is 0.381 e. The third kappa shape index (κ3) is 9.03. The Morgan fingerprint density at radius 2 is 1.42 bits per heavy atom. The summed E-state index contributed by atoms with van der Waals surface area (Å²) in [5.41, 5.74) is 1.32. The average molecular weight is 354 g/mol. The summed E-state index contributed by atoms with van der Waals surface area (Å²) in [5, 5.41) is 0.797. The van der Waals surface area contributed by atoms with Crippen molar-refractivity contribution < 1.29 is 9.47 Å². The summed E-state index contributed by atoms with van der Waals surface area (Å²) in [6, 6.07) is 8.06. The second-order valence-corrected chi connectivity index (χ2v) is 7.00. The molecule has 0 radical (unpaired) electrons. The lowest BCUT2D eigenvalue weighted by Gasteiger charge is -2.26. The van der Waals surface area contributed by atoms with Crippen molar-refractivity contribution in [1.82, 2.24) is 4.90 Å². The summed E-state index contributed by atoms with van der Waals surface area (Å²) >= 11 is 5.88. The third-order valence-corrected chi connectivity index (χ3v) is 4.71. The van der Waals surface area contributed by atoms with Gasteiger partial charge >= 0.3 is 0 Å². The van der Waals surface area contributed by atoms with Crippen LogP contribution in [0, 0.1) is 0 Å². The summed E-state index contributed by atoms with van der Waals surface area (Å²) in [6.07, 6.45) is 8.40. The Morgan fingerprint density at radius 3 is 2.12 bits per heavy atom. The van der Waals surface area contributed by atoms with Crippen LogP contribution in [0.4, 0.5) is 0 Å². The second-order valence-electron chi connectivity index (χ2n) is 6.56. The van der Waals surface area contributed by atoms with E-state index in [4.69, 9.17) is 21.1 Å². The van der Waals surface area contributed by atoms with Crippen LogP contribution < -0.4 is 0 Å². The van der Waals surface area contributed by atoms with Gasteiger partial charge in [-0.15, -0.1) is 0 Å². The molecule has 0 aliphatic carbocycles. The molecule has 1 aromatic rings. The Hall–Kier alpha value is -0.610. The van der Waals surface area contributed by atoms with E-state index >= 15 is 0 Å². The van der Waals surface area contributed by atoms with Gasteiger partial charge in [0.25, 0.3) is 0 Å². The molecular formula is C20H32ClNO2. The summed E-state index contributed by atoms with van der Waals surface area (Å²) in [5.74, 6) is 0. The number of aryl methyl sites for hydroxylation is 1. The first-order chi connectivity index (χ1) is 11.8. The van der Waals surface area contributed by atoms with Crippen LogP contribution in [0.15, 0.2) is 24.3 Å². The first-order valence-corrected chi connectivity index (χ1v) is 9.85. The maximum atomic E-state index is 5.88. The standard InChI is InChI=1S/C20H32ClNO2/c21-20-10-8-19(9-11-20)7-4-15-23-17-6-18-24-16-5-14-22-12-2-1-3-13-22/h8-11H,1-7,12-18H2. The van der Waals surface area contributed by atoms with Gasteiger partial charge in [-0.25, -0.2) is 0 Å². The van der Waals surface area contributed by atoms with Crippen molar-refractivity contribution in [3.63, 3.8) is 0 Å². The second kappa shape index (κ2) is 12.7. The zero-order valence-electron chi connectivity index (χ0n) is 14.9. The van der Waals surface area contributed by atoms with Crippen LogP contribution in [0.3, 0.4) is 0 Å². The van der Waals surface area contributed by atoms with E-state index in [0.29, 0.717) is 0 Å². The Labute approximate surface area is 152 Å². The number of benzene rings is 1. The number of piperidine rings is 1. The summed E-state index contributed by atoms with van der Waals surface area (Å²) < 4.78 is 11.4. The fraction of sp³-hybridized carbons (Fsp3) is 0.700. The van der Waals surface area contributed by atoms with E-state index in [0.717, 1.165) is 57.1 Å². The molecule has 1 saturated heterocycles. The number of halogens is 1. The minimum Gasteiger partial charge on any atom is -0.381 e. The fourth-order valence-electron chi connectivity index (χ4n) is 3.07. The smallest absolute Gasteiger partial charge is 0.0487 e. The lowest BCUT2D eigenvalue weighted by molar-refractivity contribution is 0.0764. The minimum atomic E-state index is 0.797. The zero-order chi connectivity index (χ0) is 16.9. The van der Waals surface area contributed by atoms with E-state index in [2.05, 4.69) is 17.0 Å². The van der Waals surface area contributed by atoms with E-state index in [-0.39, 0.29) is 0 Å². The van der Waals surface area contributed by atoms with Gasteiger partial charge in [-0.3, -0.25) is 0 Å². The predicted octanol–water partition coefficient (Wildman–Crippen LogP) is 4.57. The number of hydrogen-bond donors (Lipinski definition) is 0. The maximum Gasteiger partial charge on any atom is 0.0487 e. The molecule has 0 amide bonds. The fourth-order valence-corrected chi connectivity index (χ4v) is 3.20. The topological polar surface area (TPSA) is 21.7 Å². The molecule has 1 fully saturated rings. The van der Waals surface area contributed by atoms with Gasteiger partial charge < -0.3 is 14.4 Å². The van der Waals surface area contributed by atoms with E-state index < -0.39 is 0 Å². The van der Waals surface area contributed by atoms with Crippen LogP contribution in [0.2, 0.25) is 5.02 Å². The number of hydrogen-bond acceptors (Lipinski definition) is 3. The van der Waals surface area contributed by atoms with Gasteiger partial charge in [0, 0.05) is 38.0 Å². The molecule has 1 aliphatic rings. The van der Waals surface area contributed by atoms with Crippen molar-refractivity contribution in [2.75, 3.05) is 46.1 Å². The van der Waals surface area contributed by atoms with Crippen molar-refractivity contribution in [3.8, 4) is 0 Å². The first-order valence-electron chi connectivity index (χ1n) is 9.47. The number of ether oxygens (including phenoxy) is 2. The van der Waals surface area contributed by atoms with Crippen molar-refractivity contribution in [1.29, 1.82) is 0 Å². The molecule has 0 saturated carbocycles. The Morgan fingerprint density at radius 1 is 0.792 bits per heavy atom. The number of rotatable bonds is 12. The quantitative estimate of drug-likeness (QED) is 0.514. The van der Waals surface area contributed by atoms with Crippen molar-refractivity contribution in [2.24, 2.45) is 0 Å². The number of nitrogens with zero attached hydrogens (tertiary/aromatic N) is 1. The predicted molar refractivity (Wildman–Crippen MR) is 101 cm³/mol. The van der Waals surface area contributed by atoms with Gasteiger partial charge in [0.05, 0.1) is 0 Å². The molecule has 0 aromatic heterocycles. The molecule has 0 N–H and O–H groups in total. The van der Waals surface area contributed by atoms with Gasteiger partial charge in [-0.05, 0) is 69.3 Å². The normalized spacial score (nSPS) is 15.7. The van der Waals surface area contributed by atoms with Gasteiger partial charge in [0.15, 0.2) is 0 Å². The van der Waals surface area contributed by atoms with Crippen molar-refractivity contribution in [2.45, 2.75) is 44.9 Å². The zero-order valence-corrected chi connectivity index (χ0v) is 15.6. The average Bonchev–Trinajstić information content (AvgIpc) is 2.62. The van der Waals surface area contributed by atoms with Gasteiger partial charge in [0.2, 0.25) is 0 Å². The summed E-state index contributed by atoms with van der Waals surface area (Å²) in [4.78, 5) is 2.57. The van der Waals surface area contributed by atoms with Gasteiger partial charge in [0.1, 0.15) is 0 Å². The highest BCUT2D eigenvalue weighted by Crippen LogP contribution is 2.11. The van der Waals surface area contributed by atoms with Gasteiger partial charge in [-0.1, -0.05) is 30.2 Å². The molecule has 24 heavy (non-hydrogen) atoms. The van der Waals surface area contributed by atoms with Crippen LogP contribution >= 0.6 is 11.6 Å². The molecule has 1 aliphatic heterocycles. The van der Waals surface area contributed by atoms with Crippen LogP contribution in [-0.2, 0) is 15.9 Å². The molecule has 1 aromatic carbocycles. The number of likely N-dealkylation sites (tertiary alicyclic amines) is 1. The molecule has 136 valence electrons. The minimum absolute atomic E-state index is 0.797. The lowest BCUT2D eigenvalue weighted by atomic mass is 10.1. The maximum absolute atomic E-state index is 5.88. The SMILES string of the molecule is Clc1ccc(CCCOCCCOCCCN2CCCCC2)cc1. The van der Waals surface area contributed by atoms with Crippen molar-refractivity contribution in [3.05, 3.63) is 34.9 Å². The highest BCUT2D eigenvalue weighted by Gasteiger charge is 2.08. The van der Waals surface area contributed by atoms with Crippen LogP contribution in [0.25, 0.3) is 0 Å². The van der Waals surface area contributed by atoms with Crippen LogP contribution in [-0.4, -0.2) is 51.0 Å². The molecule has 1 heterocycles. The van der Waals surface area contributed by atoms with E-state index in [1.807, 2.05) is 12.1 Å². The molecule has 0 bridgehead atoms. The highest BCUT2D eigenvalue weighted by atomic mass is 35.5.